The van der Waals surface area contributed by atoms with E-state index in [4.69, 9.17) is 9.47 Å². The second kappa shape index (κ2) is 6.93. The van der Waals surface area contributed by atoms with Crippen LogP contribution in [0.15, 0.2) is 29.6 Å². The van der Waals surface area contributed by atoms with E-state index < -0.39 is 10.9 Å². The van der Waals surface area contributed by atoms with E-state index in [-0.39, 0.29) is 28.3 Å². The zero-order valence-corrected chi connectivity index (χ0v) is 13.1. The number of hydrogen-bond donors (Lipinski definition) is 1. The smallest absolute Gasteiger partial charge is 0.337 e. The van der Waals surface area contributed by atoms with E-state index in [2.05, 4.69) is 0 Å². The highest BCUT2D eigenvalue weighted by Gasteiger charge is 2.20. The van der Waals surface area contributed by atoms with E-state index >= 15 is 0 Å². The Kier molecular flexibility index (Phi) is 4.97. The number of rotatable bonds is 6. The normalized spacial score (nSPS) is 11.1. The van der Waals surface area contributed by atoms with E-state index in [1.54, 1.807) is 17.5 Å². The molecular formula is C15H13NO6S. The van der Waals surface area contributed by atoms with Gasteiger partial charge < -0.3 is 14.6 Å². The Hall–Kier alpha value is -2.87. The fraction of sp³-hybridized carbons (Fsp3) is 0.133. The van der Waals surface area contributed by atoms with Gasteiger partial charge in [-0.25, -0.2) is 4.79 Å². The fourth-order valence-corrected chi connectivity index (χ4v) is 2.72. The number of carbonyl (C=O) groups is 1. The summed E-state index contributed by atoms with van der Waals surface area (Å²) < 4.78 is 10.2. The van der Waals surface area contributed by atoms with Crippen LogP contribution in [0, 0.1) is 10.1 Å². The number of benzene rings is 1. The van der Waals surface area contributed by atoms with Crippen LogP contribution >= 0.6 is 11.3 Å². The van der Waals surface area contributed by atoms with Crippen LogP contribution in [0.5, 0.6) is 11.5 Å². The van der Waals surface area contributed by atoms with E-state index in [0.717, 1.165) is 0 Å². The summed E-state index contributed by atoms with van der Waals surface area (Å²) in [6, 6.07) is 5.98. The number of hydrogen-bond acceptors (Lipinski definition) is 6. The van der Waals surface area contributed by atoms with Crippen LogP contribution in [0.2, 0.25) is 0 Å². The van der Waals surface area contributed by atoms with Crippen LogP contribution in [-0.2, 0) is 4.79 Å². The molecule has 23 heavy (non-hydrogen) atoms. The van der Waals surface area contributed by atoms with Crippen molar-refractivity contribution in [2.75, 3.05) is 14.2 Å². The van der Waals surface area contributed by atoms with Crippen molar-refractivity contribution in [3.05, 3.63) is 50.2 Å². The Morgan fingerprint density at radius 3 is 2.48 bits per heavy atom. The molecule has 8 heteroatoms. The summed E-state index contributed by atoms with van der Waals surface area (Å²) in [4.78, 5) is 22.6. The summed E-state index contributed by atoms with van der Waals surface area (Å²) in [5.41, 5.74) is 0.0408. The third kappa shape index (κ3) is 3.49. The molecule has 0 saturated heterocycles. The number of carboxylic acid groups (broad SMARTS) is 1. The summed E-state index contributed by atoms with van der Waals surface area (Å²) >= 11 is 1.26. The van der Waals surface area contributed by atoms with Gasteiger partial charge in [0.2, 0.25) is 5.75 Å². The molecule has 2 rings (SSSR count). The minimum Gasteiger partial charge on any atom is -0.496 e. The van der Waals surface area contributed by atoms with Gasteiger partial charge in [-0.3, -0.25) is 10.1 Å². The number of thiophene rings is 1. The Labute approximate surface area is 135 Å². The van der Waals surface area contributed by atoms with E-state index in [9.17, 15) is 20.0 Å². The molecule has 7 nitrogen and oxygen atoms in total. The van der Waals surface area contributed by atoms with Crippen molar-refractivity contribution in [1.29, 1.82) is 0 Å². The summed E-state index contributed by atoms with van der Waals surface area (Å²) in [5, 5.41) is 22.3. The quantitative estimate of drug-likeness (QED) is 0.494. The Bertz CT molecular complexity index is 767. The lowest BCUT2D eigenvalue weighted by Crippen LogP contribution is -2.00. The second-order valence-electron chi connectivity index (χ2n) is 4.36. The molecule has 0 aliphatic carbocycles. The van der Waals surface area contributed by atoms with Gasteiger partial charge in [-0.2, -0.15) is 0 Å². The summed E-state index contributed by atoms with van der Waals surface area (Å²) in [7, 11) is 2.70. The van der Waals surface area contributed by atoms with Crippen LogP contribution < -0.4 is 9.47 Å². The van der Waals surface area contributed by atoms with Crippen molar-refractivity contribution in [1.82, 2.24) is 0 Å². The SMILES string of the molecule is COc1cc(OC)c([N+](=O)[O-])cc1/C=C(\C(=O)O)c1cccs1. The van der Waals surface area contributed by atoms with Gasteiger partial charge in [-0.1, -0.05) is 6.07 Å². The van der Waals surface area contributed by atoms with Crippen molar-refractivity contribution < 1.29 is 24.3 Å². The second-order valence-corrected chi connectivity index (χ2v) is 5.31. The van der Waals surface area contributed by atoms with Gasteiger partial charge in [-0.05, 0) is 17.5 Å². The highest BCUT2D eigenvalue weighted by Crippen LogP contribution is 2.36. The molecule has 0 fully saturated rings. The molecule has 2 aromatic rings. The predicted molar refractivity (Wildman–Crippen MR) is 86.0 cm³/mol. The van der Waals surface area contributed by atoms with Gasteiger partial charge in [0.25, 0.3) is 0 Å². The van der Waals surface area contributed by atoms with Crippen LogP contribution in [0.1, 0.15) is 10.4 Å². The lowest BCUT2D eigenvalue weighted by Gasteiger charge is -2.09. The molecule has 1 aromatic heterocycles. The molecule has 0 unspecified atom stereocenters. The fourth-order valence-electron chi connectivity index (χ4n) is 1.99. The Morgan fingerprint density at radius 1 is 1.30 bits per heavy atom. The van der Waals surface area contributed by atoms with Crippen molar-refractivity contribution >= 4 is 34.6 Å². The molecule has 0 radical (unpaired) electrons. The van der Waals surface area contributed by atoms with Gasteiger partial charge in [0.15, 0.2) is 0 Å². The Balaban J connectivity index is 2.65. The topological polar surface area (TPSA) is 98.9 Å². The lowest BCUT2D eigenvalue weighted by molar-refractivity contribution is -0.385. The van der Waals surface area contributed by atoms with Crippen molar-refractivity contribution in [3.8, 4) is 11.5 Å². The molecule has 0 spiro atoms. The maximum Gasteiger partial charge on any atom is 0.337 e. The molecule has 1 aromatic carbocycles. The largest absolute Gasteiger partial charge is 0.496 e. The van der Waals surface area contributed by atoms with Crippen molar-refractivity contribution in [3.63, 3.8) is 0 Å². The number of nitro benzene ring substituents is 1. The van der Waals surface area contributed by atoms with Gasteiger partial charge in [0.1, 0.15) is 5.75 Å². The first-order valence-corrected chi connectivity index (χ1v) is 7.25. The van der Waals surface area contributed by atoms with Crippen LogP contribution in [0.4, 0.5) is 5.69 Å². The molecule has 0 saturated carbocycles. The van der Waals surface area contributed by atoms with Crippen LogP contribution in [0.25, 0.3) is 11.6 Å². The first-order chi connectivity index (χ1) is 11.0. The third-order valence-electron chi connectivity index (χ3n) is 3.04. The maximum atomic E-state index is 11.5. The standard InChI is InChI=1S/C15H13NO6S/c1-21-12-8-13(22-2)11(16(19)20)7-9(12)6-10(15(17)18)14-4-3-5-23-14/h3-8H,1-2H3,(H,17,18)/b10-6-. The van der Waals surface area contributed by atoms with Gasteiger partial charge in [0.05, 0.1) is 24.7 Å². The number of nitro groups is 1. The summed E-state index contributed by atoms with van der Waals surface area (Å²) in [5.74, 6) is -0.812. The first kappa shape index (κ1) is 16.5. The minimum absolute atomic E-state index is 0.0257. The number of aliphatic carboxylic acids is 1. The molecule has 1 N–H and O–H groups in total. The van der Waals surface area contributed by atoms with E-state index in [0.29, 0.717) is 4.88 Å². The zero-order valence-electron chi connectivity index (χ0n) is 12.3. The molecular weight excluding hydrogens is 322 g/mol. The third-order valence-corrected chi connectivity index (χ3v) is 3.95. The van der Waals surface area contributed by atoms with E-state index in [1.807, 2.05) is 0 Å². The Morgan fingerprint density at radius 2 is 2.00 bits per heavy atom. The molecule has 0 amide bonds. The number of ether oxygens (including phenoxy) is 2. The summed E-state index contributed by atoms with van der Waals surface area (Å²) in [6.45, 7) is 0. The van der Waals surface area contributed by atoms with Crippen molar-refractivity contribution in [2.24, 2.45) is 0 Å². The van der Waals surface area contributed by atoms with Crippen molar-refractivity contribution in [2.45, 2.75) is 0 Å². The zero-order chi connectivity index (χ0) is 17.0. The van der Waals surface area contributed by atoms with Crippen LogP contribution in [0.3, 0.4) is 0 Å². The molecule has 0 atom stereocenters. The molecule has 0 aliphatic rings. The molecule has 1 heterocycles. The molecule has 0 aliphatic heterocycles. The van der Waals surface area contributed by atoms with Gasteiger partial charge in [-0.15, -0.1) is 11.3 Å². The number of methoxy groups -OCH3 is 2. The van der Waals surface area contributed by atoms with E-state index in [1.165, 1.54) is 43.8 Å². The first-order valence-electron chi connectivity index (χ1n) is 6.37. The minimum atomic E-state index is -1.13. The monoisotopic (exact) mass is 335 g/mol. The highest BCUT2D eigenvalue weighted by atomic mass is 32.1. The molecule has 120 valence electrons. The van der Waals surface area contributed by atoms with Crippen LogP contribution in [-0.4, -0.2) is 30.2 Å². The average molecular weight is 335 g/mol. The average Bonchev–Trinajstić information content (AvgIpc) is 3.05. The molecule has 0 bridgehead atoms. The highest BCUT2D eigenvalue weighted by molar-refractivity contribution is 7.11. The lowest BCUT2D eigenvalue weighted by atomic mass is 10.1. The summed E-state index contributed by atoms with van der Waals surface area (Å²) in [6.07, 6.45) is 1.35. The number of carboxylic acids is 1. The maximum absolute atomic E-state index is 11.5. The van der Waals surface area contributed by atoms with Gasteiger partial charge >= 0.3 is 11.7 Å². The van der Waals surface area contributed by atoms with Gasteiger partial charge in [0, 0.05) is 22.6 Å². The predicted octanol–water partition coefficient (Wildman–Crippen LogP) is 3.30. The number of nitrogens with zero attached hydrogens (tertiary/aromatic N) is 1.